The average molecular weight is 320 g/mol. The van der Waals surface area contributed by atoms with Crippen molar-refractivity contribution in [3.63, 3.8) is 0 Å². The monoisotopic (exact) mass is 320 g/mol. The van der Waals surface area contributed by atoms with Gasteiger partial charge in [0.25, 0.3) is 0 Å². The van der Waals surface area contributed by atoms with Crippen molar-refractivity contribution in [2.24, 2.45) is 0 Å². The predicted octanol–water partition coefficient (Wildman–Crippen LogP) is 3.28. The average Bonchev–Trinajstić information content (AvgIpc) is 2.96. The summed E-state index contributed by atoms with van der Waals surface area (Å²) in [7, 11) is 1.11. The van der Waals surface area contributed by atoms with Crippen molar-refractivity contribution in [2.45, 2.75) is 6.42 Å². The quantitative estimate of drug-likeness (QED) is 0.397. The maximum atomic E-state index is 12.9. The van der Waals surface area contributed by atoms with Crippen LogP contribution in [0.2, 0.25) is 0 Å². The smallest absolute Gasteiger partial charge is 0.373 e. The molecule has 0 radical (unpaired) electrons. The first-order chi connectivity index (χ1) is 10.5. The Kier molecular flexibility index (Phi) is 5.06. The number of rotatable bonds is 5. The third kappa shape index (κ3) is 3.79. The molecule has 2 rings (SSSR count). The summed E-state index contributed by atoms with van der Waals surface area (Å²) >= 11 is 1.21. The molecule has 0 unspecified atom stereocenters. The van der Waals surface area contributed by atoms with Crippen LogP contribution in [0.4, 0.5) is 4.39 Å². The number of aliphatic hydroxyl groups is 1. The third-order valence-electron chi connectivity index (χ3n) is 2.94. The van der Waals surface area contributed by atoms with E-state index in [1.807, 2.05) is 0 Å². The van der Waals surface area contributed by atoms with Gasteiger partial charge in [-0.2, -0.15) is 0 Å². The second kappa shape index (κ2) is 7.00. The Labute approximate surface area is 130 Å². The summed E-state index contributed by atoms with van der Waals surface area (Å²) in [5.74, 6) is -2.51. The summed E-state index contributed by atoms with van der Waals surface area (Å²) in [6.45, 7) is 0. The molecule has 0 saturated heterocycles. The lowest BCUT2D eigenvalue weighted by Crippen LogP contribution is -2.07. The van der Waals surface area contributed by atoms with Gasteiger partial charge in [-0.05, 0) is 41.1 Å². The number of methoxy groups -OCH3 is 1. The van der Waals surface area contributed by atoms with Gasteiger partial charge < -0.3 is 9.84 Å². The zero-order chi connectivity index (χ0) is 16.1. The zero-order valence-corrected chi connectivity index (χ0v) is 12.5. The van der Waals surface area contributed by atoms with Gasteiger partial charge >= 0.3 is 5.97 Å². The van der Waals surface area contributed by atoms with E-state index in [1.165, 1.54) is 23.5 Å². The molecule has 1 heterocycles. The van der Waals surface area contributed by atoms with Crippen molar-refractivity contribution in [3.8, 4) is 0 Å². The van der Waals surface area contributed by atoms with Crippen LogP contribution in [-0.4, -0.2) is 24.0 Å². The number of ether oxygens (including phenoxy) is 1. The molecule has 4 nitrogen and oxygen atoms in total. The first kappa shape index (κ1) is 15.9. The molecule has 0 aliphatic heterocycles. The number of benzene rings is 1. The third-order valence-corrected chi connectivity index (χ3v) is 3.91. The number of hydrogen-bond acceptors (Lipinski definition) is 5. The van der Waals surface area contributed by atoms with E-state index in [-0.39, 0.29) is 5.82 Å². The van der Waals surface area contributed by atoms with E-state index < -0.39 is 17.5 Å². The number of carbonyl (C=O) groups excluding carboxylic acids is 2. The lowest BCUT2D eigenvalue weighted by atomic mass is 10.0. The molecule has 1 aromatic carbocycles. The standard InChI is InChI=1S/C16H13FO4S/c1-21-16(20)14(19)9-13(18)15-11(6-7-22-15)8-10-2-4-12(17)5-3-10/h2-7,9,19H,8H2,1H3. The number of esters is 1. The summed E-state index contributed by atoms with van der Waals surface area (Å²) in [6, 6.07) is 7.77. The highest BCUT2D eigenvalue weighted by Crippen LogP contribution is 2.22. The molecule has 6 heteroatoms. The van der Waals surface area contributed by atoms with Gasteiger partial charge in [0.1, 0.15) is 5.82 Å². The van der Waals surface area contributed by atoms with Crippen LogP contribution in [-0.2, 0) is 16.0 Å². The largest absolute Gasteiger partial charge is 0.502 e. The van der Waals surface area contributed by atoms with Crippen LogP contribution in [0, 0.1) is 5.82 Å². The topological polar surface area (TPSA) is 63.6 Å². The molecule has 0 saturated carbocycles. The lowest BCUT2D eigenvalue weighted by Gasteiger charge is -2.02. The van der Waals surface area contributed by atoms with E-state index in [4.69, 9.17) is 0 Å². The van der Waals surface area contributed by atoms with Crippen molar-refractivity contribution >= 4 is 23.1 Å². The van der Waals surface area contributed by atoms with Crippen LogP contribution < -0.4 is 0 Å². The van der Waals surface area contributed by atoms with Crippen LogP contribution in [0.1, 0.15) is 20.8 Å². The minimum absolute atomic E-state index is 0.323. The number of hydrogen-bond donors (Lipinski definition) is 1. The van der Waals surface area contributed by atoms with Gasteiger partial charge in [0, 0.05) is 6.08 Å². The summed E-state index contributed by atoms with van der Waals surface area (Å²) in [5.41, 5.74) is 1.60. The molecule has 0 amide bonds. The molecule has 1 aromatic heterocycles. The normalized spacial score (nSPS) is 11.3. The number of halogens is 1. The van der Waals surface area contributed by atoms with Crippen LogP contribution in [0.3, 0.4) is 0 Å². The van der Waals surface area contributed by atoms with Gasteiger partial charge in [0.05, 0.1) is 12.0 Å². The van der Waals surface area contributed by atoms with E-state index in [1.54, 1.807) is 23.6 Å². The molecule has 0 bridgehead atoms. The number of carbonyl (C=O) groups is 2. The Balaban J connectivity index is 2.20. The number of thiophene rings is 1. The lowest BCUT2D eigenvalue weighted by molar-refractivity contribution is -0.139. The molecule has 0 spiro atoms. The Bertz CT molecular complexity index is 716. The van der Waals surface area contributed by atoms with Crippen molar-refractivity contribution in [2.75, 3.05) is 7.11 Å². The van der Waals surface area contributed by atoms with Gasteiger partial charge in [-0.15, -0.1) is 11.3 Å². The second-order valence-electron chi connectivity index (χ2n) is 4.46. The first-order valence-corrected chi connectivity index (χ1v) is 7.23. The highest BCUT2D eigenvalue weighted by Gasteiger charge is 2.15. The molecule has 22 heavy (non-hydrogen) atoms. The summed E-state index contributed by atoms with van der Waals surface area (Å²) in [6.07, 6.45) is 1.30. The molecule has 0 fully saturated rings. The van der Waals surface area contributed by atoms with E-state index in [0.29, 0.717) is 11.3 Å². The number of allylic oxidation sites excluding steroid dienone is 1. The first-order valence-electron chi connectivity index (χ1n) is 6.35. The Morgan fingerprint density at radius 1 is 1.27 bits per heavy atom. The van der Waals surface area contributed by atoms with Crippen LogP contribution in [0.25, 0.3) is 0 Å². The van der Waals surface area contributed by atoms with E-state index in [2.05, 4.69) is 4.74 Å². The summed E-state index contributed by atoms with van der Waals surface area (Å²) in [5, 5.41) is 11.2. The van der Waals surface area contributed by atoms with Crippen LogP contribution in [0.5, 0.6) is 0 Å². The predicted molar refractivity (Wildman–Crippen MR) is 80.6 cm³/mol. The van der Waals surface area contributed by atoms with Crippen molar-refractivity contribution < 1.29 is 23.8 Å². The van der Waals surface area contributed by atoms with Gasteiger partial charge in [0.2, 0.25) is 5.76 Å². The molecule has 2 aromatic rings. The van der Waals surface area contributed by atoms with Gasteiger partial charge in [0.15, 0.2) is 5.78 Å². The minimum atomic E-state index is -0.968. The molecule has 0 aliphatic rings. The minimum Gasteiger partial charge on any atom is -0.502 e. The van der Waals surface area contributed by atoms with Crippen molar-refractivity contribution in [1.29, 1.82) is 0 Å². The fourth-order valence-corrected chi connectivity index (χ4v) is 2.70. The second-order valence-corrected chi connectivity index (χ2v) is 5.38. The van der Waals surface area contributed by atoms with E-state index in [0.717, 1.165) is 24.3 Å². The molecule has 114 valence electrons. The van der Waals surface area contributed by atoms with Crippen molar-refractivity contribution in [3.05, 3.63) is 69.4 Å². The van der Waals surface area contributed by atoms with Crippen molar-refractivity contribution in [1.82, 2.24) is 0 Å². The zero-order valence-electron chi connectivity index (χ0n) is 11.7. The maximum Gasteiger partial charge on any atom is 0.373 e. The van der Waals surface area contributed by atoms with E-state index in [9.17, 15) is 19.1 Å². The molecular weight excluding hydrogens is 307 g/mol. The van der Waals surface area contributed by atoms with E-state index >= 15 is 0 Å². The highest BCUT2D eigenvalue weighted by atomic mass is 32.1. The maximum absolute atomic E-state index is 12.9. The molecule has 0 atom stereocenters. The Hall–Kier alpha value is -2.47. The summed E-state index contributed by atoms with van der Waals surface area (Å²) in [4.78, 5) is 23.6. The van der Waals surface area contributed by atoms with Gasteiger partial charge in [-0.3, -0.25) is 4.79 Å². The molecular formula is C16H13FO4S. The fraction of sp³-hybridized carbons (Fsp3) is 0.125. The van der Waals surface area contributed by atoms with Gasteiger partial charge in [-0.25, -0.2) is 9.18 Å². The highest BCUT2D eigenvalue weighted by molar-refractivity contribution is 7.12. The Morgan fingerprint density at radius 3 is 2.59 bits per heavy atom. The fourth-order valence-electron chi connectivity index (χ4n) is 1.87. The SMILES string of the molecule is COC(=O)C(O)=CC(=O)c1sccc1Cc1ccc(F)cc1. The molecule has 1 N–H and O–H groups in total. The van der Waals surface area contributed by atoms with Gasteiger partial charge in [-0.1, -0.05) is 12.1 Å². The Morgan fingerprint density at radius 2 is 1.95 bits per heavy atom. The number of aliphatic hydroxyl groups excluding tert-OH is 1. The summed E-state index contributed by atoms with van der Waals surface area (Å²) < 4.78 is 17.2. The molecule has 0 aliphatic carbocycles. The van der Waals surface area contributed by atoms with Crippen LogP contribution >= 0.6 is 11.3 Å². The number of ketones is 1. The van der Waals surface area contributed by atoms with Crippen LogP contribution in [0.15, 0.2) is 47.5 Å².